The fourth-order valence-corrected chi connectivity index (χ4v) is 3.80. The van der Waals surface area contributed by atoms with Crippen molar-refractivity contribution in [3.8, 4) is 0 Å². The summed E-state index contributed by atoms with van der Waals surface area (Å²) in [6, 6.07) is 8.99. The minimum absolute atomic E-state index is 0.116. The van der Waals surface area contributed by atoms with E-state index in [-0.39, 0.29) is 23.9 Å². The topological polar surface area (TPSA) is 79.4 Å². The van der Waals surface area contributed by atoms with Crippen LogP contribution in [0.3, 0.4) is 0 Å². The summed E-state index contributed by atoms with van der Waals surface area (Å²) in [7, 11) is -3.61. The molecule has 25 heavy (non-hydrogen) atoms. The molecule has 0 radical (unpaired) electrons. The molecule has 0 aliphatic heterocycles. The van der Waals surface area contributed by atoms with Gasteiger partial charge in [-0.15, -0.1) is 0 Å². The monoisotopic (exact) mass is 361 g/mol. The van der Waals surface area contributed by atoms with Gasteiger partial charge in [-0.1, -0.05) is 18.2 Å². The van der Waals surface area contributed by atoms with Gasteiger partial charge in [0.2, 0.25) is 15.9 Å². The van der Waals surface area contributed by atoms with Gasteiger partial charge in [0.1, 0.15) is 0 Å². The summed E-state index contributed by atoms with van der Waals surface area (Å²) in [6.45, 7) is 5.91. The second kappa shape index (κ2) is 8.22. The van der Waals surface area contributed by atoms with Gasteiger partial charge in [-0.05, 0) is 42.7 Å². The SMILES string of the molecule is CC(=O)N(CCNS(=O)(=O)c1cc(C)ccc1C)Cc1cccnc1. The van der Waals surface area contributed by atoms with Crippen LogP contribution in [0.5, 0.6) is 0 Å². The van der Waals surface area contributed by atoms with Gasteiger partial charge in [-0.3, -0.25) is 9.78 Å². The standard InChI is InChI=1S/C18H23N3O3S/c1-14-6-7-15(2)18(11-14)25(23,24)20-9-10-21(16(3)22)13-17-5-4-8-19-12-17/h4-8,11-12,20H,9-10,13H2,1-3H3. The second-order valence-electron chi connectivity index (χ2n) is 5.97. The van der Waals surface area contributed by atoms with Crippen LogP contribution < -0.4 is 4.72 Å². The molecule has 0 fully saturated rings. The quantitative estimate of drug-likeness (QED) is 0.818. The number of pyridine rings is 1. The van der Waals surface area contributed by atoms with Gasteiger partial charge in [0.25, 0.3) is 0 Å². The molecule has 1 amide bonds. The van der Waals surface area contributed by atoms with Gasteiger partial charge in [0, 0.05) is 39.0 Å². The number of benzene rings is 1. The average Bonchev–Trinajstić information content (AvgIpc) is 2.56. The number of carbonyl (C=O) groups is 1. The average molecular weight is 361 g/mol. The van der Waals surface area contributed by atoms with Gasteiger partial charge < -0.3 is 4.90 Å². The second-order valence-corrected chi connectivity index (χ2v) is 7.70. The number of nitrogens with one attached hydrogen (secondary N) is 1. The Morgan fingerprint density at radius 3 is 2.64 bits per heavy atom. The van der Waals surface area contributed by atoms with E-state index in [0.717, 1.165) is 11.1 Å². The van der Waals surface area contributed by atoms with Crippen LogP contribution in [-0.2, 0) is 21.4 Å². The van der Waals surface area contributed by atoms with Crippen molar-refractivity contribution in [1.29, 1.82) is 0 Å². The minimum atomic E-state index is -3.61. The number of carbonyl (C=O) groups excluding carboxylic acids is 1. The molecule has 0 saturated carbocycles. The molecule has 0 atom stereocenters. The van der Waals surface area contributed by atoms with E-state index in [2.05, 4.69) is 9.71 Å². The van der Waals surface area contributed by atoms with Crippen molar-refractivity contribution in [3.63, 3.8) is 0 Å². The van der Waals surface area contributed by atoms with Crippen molar-refractivity contribution in [2.45, 2.75) is 32.2 Å². The Kier molecular flexibility index (Phi) is 6.27. The maximum absolute atomic E-state index is 12.5. The molecule has 2 aromatic rings. The maximum atomic E-state index is 12.5. The number of rotatable bonds is 7. The van der Waals surface area contributed by atoms with Gasteiger partial charge in [-0.2, -0.15) is 0 Å². The first-order valence-corrected chi connectivity index (χ1v) is 9.49. The van der Waals surface area contributed by atoms with Gasteiger partial charge in [0.15, 0.2) is 0 Å². The van der Waals surface area contributed by atoms with Crippen LogP contribution in [0.1, 0.15) is 23.6 Å². The van der Waals surface area contributed by atoms with Crippen LogP contribution in [-0.4, -0.2) is 37.3 Å². The van der Waals surface area contributed by atoms with Crippen molar-refractivity contribution in [2.24, 2.45) is 0 Å². The predicted molar refractivity (Wildman–Crippen MR) is 96.4 cm³/mol. The zero-order valence-corrected chi connectivity index (χ0v) is 15.5. The van der Waals surface area contributed by atoms with Crippen molar-refractivity contribution in [1.82, 2.24) is 14.6 Å². The number of aromatic nitrogens is 1. The van der Waals surface area contributed by atoms with Crippen molar-refractivity contribution < 1.29 is 13.2 Å². The molecule has 1 aromatic heterocycles. The fraction of sp³-hybridized carbons (Fsp3) is 0.333. The van der Waals surface area contributed by atoms with E-state index in [0.29, 0.717) is 12.1 Å². The number of sulfonamides is 1. The summed E-state index contributed by atoms with van der Waals surface area (Å²) in [4.78, 5) is 17.7. The third-order valence-electron chi connectivity index (χ3n) is 3.85. The van der Waals surface area contributed by atoms with Crippen LogP contribution in [0.2, 0.25) is 0 Å². The molecule has 0 aliphatic rings. The molecular formula is C18H23N3O3S. The van der Waals surface area contributed by atoms with E-state index in [1.165, 1.54) is 6.92 Å². The molecule has 134 valence electrons. The highest BCUT2D eigenvalue weighted by Gasteiger charge is 2.17. The maximum Gasteiger partial charge on any atom is 0.240 e. The zero-order chi connectivity index (χ0) is 18.4. The van der Waals surface area contributed by atoms with E-state index in [4.69, 9.17) is 0 Å². The highest BCUT2D eigenvalue weighted by molar-refractivity contribution is 7.89. The molecule has 0 unspecified atom stereocenters. The first kappa shape index (κ1) is 19.1. The Morgan fingerprint density at radius 2 is 2.00 bits per heavy atom. The van der Waals surface area contributed by atoms with E-state index >= 15 is 0 Å². The number of amides is 1. The predicted octanol–water partition coefficient (Wildman–Crippen LogP) is 2.03. The minimum Gasteiger partial charge on any atom is -0.337 e. The smallest absolute Gasteiger partial charge is 0.240 e. The summed E-state index contributed by atoms with van der Waals surface area (Å²) in [5.74, 6) is -0.116. The molecule has 6 nitrogen and oxygen atoms in total. The Labute approximate surface area is 148 Å². The van der Waals surface area contributed by atoms with E-state index in [1.807, 2.05) is 19.1 Å². The normalized spacial score (nSPS) is 11.3. The summed E-state index contributed by atoms with van der Waals surface area (Å²) in [5, 5.41) is 0. The van der Waals surface area contributed by atoms with E-state index in [1.54, 1.807) is 42.4 Å². The molecule has 0 saturated heterocycles. The first-order valence-electron chi connectivity index (χ1n) is 8.01. The summed E-state index contributed by atoms with van der Waals surface area (Å²) < 4.78 is 27.6. The highest BCUT2D eigenvalue weighted by Crippen LogP contribution is 2.16. The summed E-state index contributed by atoms with van der Waals surface area (Å²) in [5.41, 5.74) is 2.47. The van der Waals surface area contributed by atoms with Gasteiger partial charge in [-0.25, -0.2) is 13.1 Å². The molecule has 1 heterocycles. The number of aryl methyl sites for hydroxylation is 2. The van der Waals surface area contributed by atoms with Gasteiger partial charge >= 0.3 is 0 Å². The van der Waals surface area contributed by atoms with Crippen LogP contribution in [0.25, 0.3) is 0 Å². The number of hydrogen-bond donors (Lipinski definition) is 1. The largest absolute Gasteiger partial charge is 0.337 e. The van der Waals surface area contributed by atoms with Crippen LogP contribution in [0, 0.1) is 13.8 Å². The lowest BCUT2D eigenvalue weighted by atomic mass is 10.2. The van der Waals surface area contributed by atoms with Crippen molar-refractivity contribution in [2.75, 3.05) is 13.1 Å². The summed E-state index contributed by atoms with van der Waals surface area (Å²) in [6.07, 6.45) is 3.36. The van der Waals surface area contributed by atoms with E-state index in [9.17, 15) is 13.2 Å². The third-order valence-corrected chi connectivity index (χ3v) is 5.45. The first-order chi connectivity index (χ1) is 11.8. The molecule has 0 aliphatic carbocycles. The Balaban J connectivity index is 2.01. The van der Waals surface area contributed by atoms with Gasteiger partial charge in [0.05, 0.1) is 4.90 Å². The lowest BCUT2D eigenvalue weighted by Gasteiger charge is -2.21. The van der Waals surface area contributed by atoms with Crippen LogP contribution in [0.15, 0.2) is 47.6 Å². The highest BCUT2D eigenvalue weighted by atomic mass is 32.2. The summed E-state index contributed by atoms with van der Waals surface area (Å²) >= 11 is 0. The van der Waals surface area contributed by atoms with Crippen LogP contribution in [0.4, 0.5) is 0 Å². The lowest BCUT2D eigenvalue weighted by molar-refractivity contribution is -0.129. The van der Waals surface area contributed by atoms with E-state index < -0.39 is 10.0 Å². The van der Waals surface area contributed by atoms with Crippen LogP contribution >= 0.6 is 0 Å². The molecular weight excluding hydrogens is 338 g/mol. The third kappa shape index (κ3) is 5.37. The Hall–Kier alpha value is -2.25. The Morgan fingerprint density at radius 1 is 1.24 bits per heavy atom. The molecule has 7 heteroatoms. The lowest BCUT2D eigenvalue weighted by Crippen LogP contribution is -2.37. The molecule has 1 N–H and O–H groups in total. The molecule has 0 spiro atoms. The molecule has 0 bridgehead atoms. The van der Waals surface area contributed by atoms with Crippen molar-refractivity contribution >= 4 is 15.9 Å². The fourth-order valence-electron chi connectivity index (χ4n) is 2.45. The Bertz CT molecular complexity index is 836. The number of nitrogens with zero attached hydrogens (tertiary/aromatic N) is 2. The molecule has 2 rings (SSSR count). The molecule has 1 aromatic carbocycles. The zero-order valence-electron chi connectivity index (χ0n) is 14.7. The van der Waals surface area contributed by atoms with Crippen molar-refractivity contribution in [3.05, 3.63) is 59.4 Å². The number of hydrogen-bond acceptors (Lipinski definition) is 4.